The Kier molecular flexibility index (Phi) is 7.20. The van der Waals surface area contributed by atoms with E-state index in [9.17, 15) is 0 Å². The number of benzene rings is 1. The molecule has 3 nitrogen and oxygen atoms in total. The summed E-state index contributed by atoms with van der Waals surface area (Å²) in [4.78, 5) is 4.64. The lowest BCUT2D eigenvalue weighted by Gasteiger charge is -2.11. The number of halogens is 1. The van der Waals surface area contributed by atoms with Crippen LogP contribution in [0.25, 0.3) is 0 Å². The van der Waals surface area contributed by atoms with Crippen molar-refractivity contribution in [3.63, 3.8) is 0 Å². The quantitative estimate of drug-likeness (QED) is 0.473. The molecule has 1 fully saturated rings. The Bertz CT molecular complexity index is 414. The summed E-state index contributed by atoms with van der Waals surface area (Å²) in [5.41, 5.74) is 2.60. The molecule has 106 valence electrons. The van der Waals surface area contributed by atoms with Crippen molar-refractivity contribution in [2.75, 3.05) is 13.1 Å². The highest BCUT2D eigenvalue weighted by Crippen LogP contribution is 2.27. The lowest BCUT2D eigenvalue weighted by atomic mass is 10.1. The Balaban J connectivity index is 0.00000180. The second-order valence-corrected chi connectivity index (χ2v) is 4.95. The first-order valence-electron chi connectivity index (χ1n) is 6.86. The zero-order chi connectivity index (χ0) is 12.8. The topological polar surface area (TPSA) is 36.4 Å². The Morgan fingerprint density at radius 1 is 1.26 bits per heavy atom. The average Bonchev–Trinajstić information content (AvgIpc) is 3.18. The van der Waals surface area contributed by atoms with Crippen LogP contribution in [0.1, 0.15) is 30.9 Å². The van der Waals surface area contributed by atoms with Crippen LogP contribution in [0.5, 0.6) is 0 Å². The lowest BCUT2D eigenvalue weighted by Crippen LogP contribution is -2.38. The molecule has 0 aliphatic heterocycles. The zero-order valence-corrected chi connectivity index (χ0v) is 14.1. The summed E-state index contributed by atoms with van der Waals surface area (Å²) in [5, 5.41) is 6.71. The van der Waals surface area contributed by atoms with Gasteiger partial charge >= 0.3 is 0 Å². The van der Waals surface area contributed by atoms with Gasteiger partial charge in [-0.05, 0) is 43.7 Å². The maximum Gasteiger partial charge on any atom is 0.191 e. The molecule has 1 aromatic rings. The number of hydrogen-bond acceptors (Lipinski definition) is 1. The van der Waals surface area contributed by atoms with Gasteiger partial charge in [-0.15, -0.1) is 24.0 Å². The molecule has 4 heteroatoms. The van der Waals surface area contributed by atoms with E-state index < -0.39 is 0 Å². The van der Waals surface area contributed by atoms with Crippen molar-refractivity contribution >= 4 is 29.9 Å². The molecule has 1 aliphatic carbocycles. The first-order valence-corrected chi connectivity index (χ1v) is 6.86. The third-order valence-corrected chi connectivity index (χ3v) is 3.27. The van der Waals surface area contributed by atoms with Gasteiger partial charge in [0.05, 0.1) is 6.54 Å². The minimum atomic E-state index is 0. The predicted octanol–water partition coefficient (Wildman–Crippen LogP) is 3.08. The van der Waals surface area contributed by atoms with Crippen molar-refractivity contribution in [3.8, 4) is 0 Å². The van der Waals surface area contributed by atoms with Gasteiger partial charge in [-0.25, -0.2) is 4.99 Å². The molecule has 0 heterocycles. The molecule has 1 aliphatic rings. The SMILES string of the molecule is CCNC(=NCc1ccccc1C)NCC1CC1.I. The summed E-state index contributed by atoms with van der Waals surface area (Å²) in [6, 6.07) is 8.42. The van der Waals surface area contributed by atoms with Gasteiger partial charge < -0.3 is 10.6 Å². The minimum Gasteiger partial charge on any atom is -0.357 e. The van der Waals surface area contributed by atoms with Crippen LogP contribution in [-0.4, -0.2) is 19.0 Å². The second kappa shape index (κ2) is 8.40. The number of rotatable bonds is 5. The van der Waals surface area contributed by atoms with Gasteiger partial charge in [-0.3, -0.25) is 0 Å². The van der Waals surface area contributed by atoms with E-state index in [1.54, 1.807) is 0 Å². The minimum absolute atomic E-state index is 0. The number of nitrogens with zero attached hydrogens (tertiary/aromatic N) is 1. The van der Waals surface area contributed by atoms with Crippen LogP contribution >= 0.6 is 24.0 Å². The Hall–Kier alpha value is -0.780. The van der Waals surface area contributed by atoms with Crippen molar-refractivity contribution in [3.05, 3.63) is 35.4 Å². The summed E-state index contributed by atoms with van der Waals surface area (Å²) >= 11 is 0. The van der Waals surface area contributed by atoms with E-state index >= 15 is 0 Å². The summed E-state index contributed by atoms with van der Waals surface area (Å²) in [6.45, 7) is 6.94. The second-order valence-electron chi connectivity index (χ2n) is 4.95. The van der Waals surface area contributed by atoms with Crippen molar-refractivity contribution < 1.29 is 0 Å². The van der Waals surface area contributed by atoms with Crippen LogP contribution in [0.3, 0.4) is 0 Å². The number of nitrogens with one attached hydrogen (secondary N) is 2. The highest BCUT2D eigenvalue weighted by molar-refractivity contribution is 14.0. The molecule has 2 rings (SSSR count). The van der Waals surface area contributed by atoms with Crippen LogP contribution in [0, 0.1) is 12.8 Å². The fourth-order valence-electron chi connectivity index (χ4n) is 1.86. The van der Waals surface area contributed by atoms with E-state index in [-0.39, 0.29) is 24.0 Å². The van der Waals surface area contributed by atoms with Crippen molar-refractivity contribution in [2.24, 2.45) is 10.9 Å². The van der Waals surface area contributed by atoms with Gasteiger partial charge in [0, 0.05) is 13.1 Å². The van der Waals surface area contributed by atoms with Crippen LogP contribution in [0.2, 0.25) is 0 Å². The summed E-state index contributed by atoms with van der Waals surface area (Å²) in [6.07, 6.45) is 2.73. The Labute approximate surface area is 133 Å². The molecule has 0 saturated heterocycles. The van der Waals surface area contributed by atoms with Gasteiger partial charge in [0.15, 0.2) is 5.96 Å². The molecule has 19 heavy (non-hydrogen) atoms. The highest BCUT2D eigenvalue weighted by atomic mass is 127. The fourth-order valence-corrected chi connectivity index (χ4v) is 1.86. The maximum absolute atomic E-state index is 4.64. The molecule has 1 saturated carbocycles. The van der Waals surface area contributed by atoms with E-state index in [4.69, 9.17) is 0 Å². The van der Waals surface area contributed by atoms with Crippen LogP contribution < -0.4 is 10.6 Å². The molecule has 0 amide bonds. The molecule has 0 radical (unpaired) electrons. The van der Waals surface area contributed by atoms with Crippen LogP contribution in [0.4, 0.5) is 0 Å². The van der Waals surface area contributed by atoms with E-state index in [2.05, 4.69) is 53.7 Å². The van der Waals surface area contributed by atoms with E-state index in [1.807, 2.05) is 0 Å². The first-order chi connectivity index (χ1) is 8.79. The van der Waals surface area contributed by atoms with E-state index in [0.717, 1.165) is 31.5 Å². The fraction of sp³-hybridized carbons (Fsp3) is 0.533. The summed E-state index contributed by atoms with van der Waals surface area (Å²) < 4.78 is 0. The molecule has 1 aromatic carbocycles. The Morgan fingerprint density at radius 3 is 2.63 bits per heavy atom. The van der Waals surface area contributed by atoms with Gasteiger partial charge in [-0.2, -0.15) is 0 Å². The van der Waals surface area contributed by atoms with Crippen molar-refractivity contribution in [2.45, 2.75) is 33.2 Å². The molecule has 0 aromatic heterocycles. The van der Waals surface area contributed by atoms with Crippen molar-refractivity contribution in [1.29, 1.82) is 0 Å². The van der Waals surface area contributed by atoms with Gasteiger partial charge in [0.25, 0.3) is 0 Å². The number of hydrogen-bond donors (Lipinski definition) is 2. The third kappa shape index (κ3) is 5.80. The third-order valence-electron chi connectivity index (χ3n) is 3.27. The normalized spacial score (nSPS) is 14.7. The van der Waals surface area contributed by atoms with Crippen LogP contribution in [0.15, 0.2) is 29.3 Å². The summed E-state index contributed by atoms with van der Waals surface area (Å²) in [7, 11) is 0. The molecule has 0 bridgehead atoms. The molecular formula is C15H24IN3. The monoisotopic (exact) mass is 373 g/mol. The van der Waals surface area contributed by atoms with E-state index in [1.165, 1.54) is 24.0 Å². The smallest absolute Gasteiger partial charge is 0.191 e. The number of guanidine groups is 1. The van der Waals surface area contributed by atoms with Gasteiger partial charge in [-0.1, -0.05) is 24.3 Å². The largest absolute Gasteiger partial charge is 0.357 e. The summed E-state index contributed by atoms with van der Waals surface area (Å²) in [5.74, 6) is 1.81. The average molecular weight is 373 g/mol. The van der Waals surface area contributed by atoms with Crippen molar-refractivity contribution in [1.82, 2.24) is 10.6 Å². The number of aryl methyl sites for hydroxylation is 1. The standard InChI is InChI=1S/C15H23N3.HI/c1-3-16-15(17-10-13-8-9-13)18-11-14-7-5-4-6-12(14)2;/h4-7,13H,3,8-11H2,1-2H3,(H2,16,17,18);1H. The first kappa shape index (κ1) is 16.3. The molecular weight excluding hydrogens is 349 g/mol. The molecule has 2 N–H and O–H groups in total. The molecule has 0 spiro atoms. The zero-order valence-electron chi connectivity index (χ0n) is 11.8. The predicted molar refractivity (Wildman–Crippen MR) is 92.1 cm³/mol. The van der Waals surface area contributed by atoms with Gasteiger partial charge in [0.2, 0.25) is 0 Å². The van der Waals surface area contributed by atoms with Gasteiger partial charge in [0.1, 0.15) is 0 Å². The van der Waals surface area contributed by atoms with Crippen LogP contribution in [-0.2, 0) is 6.54 Å². The maximum atomic E-state index is 4.64. The number of aliphatic imine (C=N–C) groups is 1. The molecule has 0 atom stereocenters. The lowest BCUT2D eigenvalue weighted by molar-refractivity contribution is 0.739. The highest BCUT2D eigenvalue weighted by Gasteiger charge is 2.20. The molecule has 0 unspecified atom stereocenters. The van der Waals surface area contributed by atoms with E-state index in [0.29, 0.717) is 0 Å². The Morgan fingerprint density at radius 2 is 2.00 bits per heavy atom.